The highest BCUT2D eigenvalue weighted by Crippen LogP contribution is 2.26. The SMILES string of the molecule is O=C(Nc1cc(Cl)ccc1C(=O)N1CCCC1)c1cccc2ncccc12. The molecule has 0 spiro atoms. The number of aromatic nitrogens is 1. The van der Waals surface area contributed by atoms with Crippen LogP contribution in [0.3, 0.4) is 0 Å². The number of nitrogens with one attached hydrogen (secondary N) is 1. The number of halogens is 1. The lowest BCUT2D eigenvalue weighted by Crippen LogP contribution is -2.28. The molecule has 2 heterocycles. The van der Waals surface area contributed by atoms with Gasteiger partial charge in [0.2, 0.25) is 0 Å². The van der Waals surface area contributed by atoms with Gasteiger partial charge in [0.05, 0.1) is 16.8 Å². The fourth-order valence-electron chi connectivity index (χ4n) is 3.39. The molecule has 1 fully saturated rings. The number of carbonyl (C=O) groups is 2. The van der Waals surface area contributed by atoms with E-state index in [0.29, 0.717) is 21.8 Å². The molecule has 1 saturated heterocycles. The number of anilines is 1. The van der Waals surface area contributed by atoms with Crippen molar-refractivity contribution in [3.8, 4) is 0 Å². The van der Waals surface area contributed by atoms with Crippen LogP contribution in [0.5, 0.6) is 0 Å². The molecule has 6 heteroatoms. The van der Waals surface area contributed by atoms with Crippen molar-refractivity contribution in [1.82, 2.24) is 9.88 Å². The minimum Gasteiger partial charge on any atom is -0.339 e. The monoisotopic (exact) mass is 379 g/mol. The van der Waals surface area contributed by atoms with Crippen LogP contribution in [0, 0.1) is 0 Å². The molecule has 0 aliphatic carbocycles. The van der Waals surface area contributed by atoms with Gasteiger partial charge in [-0.1, -0.05) is 23.7 Å². The minimum atomic E-state index is -0.300. The Morgan fingerprint density at radius 1 is 1.00 bits per heavy atom. The number of pyridine rings is 1. The average Bonchev–Trinajstić information content (AvgIpc) is 3.22. The number of likely N-dealkylation sites (tertiary alicyclic amines) is 1. The molecule has 2 aromatic carbocycles. The summed E-state index contributed by atoms with van der Waals surface area (Å²) in [6, 6.07) is 14.0. The first-order valence-electron chi connectivity index (χ1n) is 8.87. The molecule has 0 bridgehead atoms. The molecule has 1 aromatic heterocycles. The molecule has 0 saturated carbocycles. The number of carbonyl (C=O) groups excluding carboxylic acids is 2. The number of benzene rings is 2. The third kappa shape index (κ3) is 3.51. The Balaban J connectivity index is 1.68. The van der Waals surface area contributed by atoms with E-state index in [1.807, 2.05) is 12.1 Å². The van der Waals surface area contributed by atoms with Crippen LogP contribution in [0.25, 0.3) is 10.9 Å². The van der Waals surface area contributed by atoms with Crippen molar-refractivity contribution in [3.05, 3.63) is 70.9 Å². The van der Waals surface area contributed by atoms with E-state index in [1.165, 1.54) is 0 Å². The predicted octanol–water partition coefficient (Wildman–Crippen LogP) is 4.38. The summed E-state index contributed by atoms with van der Waals surface area (Å²) in [5, 5.41) is 4.08. The Morgan fingerprint density at radius 3 is 2.63 bits per heavy atom. The van der Waals surface area contributed by atoms with Gasteiger partial charge in [-0.05, 0) is 49.2 Å². The quantitative estimate of drug-likeness (QED) is 0.734. The zero-order valence-corrected chi connectivity index (χ0v) is 15.4. The van der Waals surface area contributed by atoms with Crippen molar-refractivity contribution in [2.24, 2.45) is 0 Å². The van der Waals surface area contributed by atoms with E-state index in [2.05, 4.69) is 10.3 Å². The molecule has 0 unspecified atom stereocenters. The Kier molecular flexibility index (Phi) is 4.77. The first kappa shape index (κ1) is 17.5. The van der Waals surface area contributed by atoms with Gasteiger partial charge in [0.1, 0.15) is 0 Å². The van der Waals surface area contributed by atoms with Crippen LogP contribution in [-0.2, 0) is 0 Å². The summed E-state index contributed by atoms with van der Waals surface area (Å²) < 4.78 is 0. The average molecular weight is 380 g/mol. The van der Waals surface area contributed by atoms with E-state index in [-0.39, 0.29) is 11.8 Å². The summed E-state index contributed by atoms with van der Waals surface area (Å²) in [5.41, 5.74) is 2.11. The van der Waals surface area contributed by atoms with Crippen LogP contribution < -0.4 is 5.32 Å². The van der Waals surface area contributed by atoms with Gasteiger partial charge in [-0.3, -0.25) is 14.6 Å². The van der Waals surface area contributed by atoms with Crippen molar-refractivity contribution in [1.29, 1.82) is 0 Å². The molecule has 1 N–H and O–H groups in total. The van der Waals surface area contributed by atoms with Crippen LogP contribution in [0.1, 0.15) is 33.6 Å². The summed E-state index contributed by atoms with van der Waals surface area (Å²) >= 11 is 6.12. The molecule has 1 aliphatic rings. The number of fused-ring (bicyclic) bond motifs is 1. The number of hydrogen-bond donors (Lipinski definition) is 1. The molecule has 3 aromatic rings. The van der Waals surface area contributed by atoms with Crippen LogP contribution in [-0.4, -0.2) is 34.8 Å². The molecule has 27 heavy (non-hydrogen) atoms. The molecule has 136 valence electrons. The minimum absolute atomic E-state index is 0.0842. The number of amides is 2. The second kappa shape index (κ2) is 7.37. The van der Waals surface area contributed by atoms with E-state index >= 15 is 0 Å². The highest BCUT2D eigenvalue weighted by molar-refractivity contribution is 6.31. The van der Waals surface area contributed by atoms with Gasteiger partial charge in [-0.2, -0.15) is 0 Å². The lowest BCUT2D eigenvalue weighted by Gasteiger charge is -2.18. The van der Waals surface area contributed by atoms with E-state index in [0.717, 1.165) is 36.8 Å². The van der Waals surface area contributed by atoms with Crippen LogP contribution in [0.2, 0.25) is 5.02 Å². The number of rotatable bonds is 3. The number of hydrogen-bond acceptors (Lipinski definition) is 3. The lowest BCUT2D eigenvalue weighted by molar-refractivity contribution is 0.0794. The second-order valence-electron chi connectivity index (χ2n) is 6.52. The summed E-state index contributed by atoms with van der Waals surface area (Å²) in [6.07, 6.45) is 3.70. The van der Waals surface area contributed by atoms with E-state index in [4.69, 9.17) is 11.6 Å². The topological polar surface area (TPSA) is 62.3 Å². The highest BCUT2D eigenvalue weighted by Gasteiger charge is 2.23. The summed E-state index contributed by atoms with van der Waals surface area (Å²) in [5.74, 6) is -0.384. The summed E-state index contributed by atoms with van der Waals surface area (Å²) in [6.45, 7) is 1.48. The maximum absolute atomic E-state index is 12.9. The van der Waals surface area contributed by atoms with Crippen molar-refractivity contribution in [2.45, 2.75) is 12.8 Å². The molecular weight excluding hydrogens is 362 g/mol. The highest BCUT2D eigenvalue weighted by atomic mass is 35.5. The van der Waals surface area contributed by atoms with Crippen molar-refractivity contribution in [2.75, 3.05) is 18.4 Å². The standard InChI is InChI=1S/C21H18ClN3O2/c22-14-8-9-17(21(27)25-11-1-2-12-25)19(13-14)24-20(26)16-5-3-7-18-15(16)6-4-10-23-18/h3-10,13H,1-2,11-12H2,(H,24,26). The van der Waals surface area contributed by atoms with Crippen molar-refractivity contribution >= 4 is 40.0 Å². The molecule has 5 nitrogen and oxygen atoms in total. The predicted molar refractivity (Wildman–Crippen MR) is 106 cm³/mol. The van der Waals surface area contributed by atoms with Gasteiger partial charge in [-0.25, -0.2) is 0 Å². The van der Waals surface area contributed by atoms with Gasteiger partial charge < -0.3 is 10.2 Å². The van der Waals surface area contributed by atoms with Gasteiger partial charge in [0, 0.05) is 35.3 Å². The first-order valence-corrected chi connectivity index (χ1v) is 9.25. The zero-order valence-electron chi connectivity index (χ0n) is 14.6. The second-order valence-corrected chi connectivity index (χ2v) is 6.96. The smallest absolute Gasteiger partial charge is 0.256 e. The molecular formula is C21H18ClN3O2. The van der Waals surface area contributed by atoms with E-state index in [1.54, 1.807) is 47.5 Å². The van der Waals surface area contributed by atoms with Gasteiger partial charge in [-0.15, -0.1) is 0 Å². The Bertz CT molecular complexity index is 1020. The zero-order chi connectivity index (χ0) is 18.8. The fourth-order valence-corrected chi connectivity index (χ4v) is 3.56. The Labute approximate surface area is 162 Å². The Morgan fingerprint density at radius 2 is 1.81 bits per heavy atom. The molecule has 1 aliphatic heterocycles. The third-order valence-electron chi connectivity index (χ3n) is 4.74. The van der Waals surface area contributed by atoms with Crippen LogP contribution in [0.15, 0.2) is 54.7 Å². The third-order valence-corrected chi connectivity index (χ3v) is 4.98. The van der Waals surface area contributed by atoms with Crippen LogP contribution in [0.4, 0.5) is 5.69 Å². The van der Waals surface area contributed by atoms with Crippen LogP contribution >= 0.6 is 11.6 Å². The van der Waals surface area contributed by atoms with Gasteiger partial charge in [0.25, 0.3) is 11.8 Å². The van der Waals surface area contributed by atoms with Crippen molar-refractivity contribution < 1.29 is 9.59 Å². The largest absolute Gasteiger partial charge is 0.339 e. The number of nitrogens with zero attached hydrogens (tertiary/aromatic N) is 2. The molecule has 2 amide bonds. The first-order chi connectivity index (χ1) is 13.1. The molecule has 0 atom stereocenters. The normalized spacial score (nSPS) is 13.7. The molecule has 4 rings (SSSR count). The fraction of sp³-hybridized carbons (Fsp3) is 0.190. The van der Waals surface area contributed by atoms with Gasteiger partial charge in [0.15, 0.2) is 0 Å². The summed E-state index contributed by atoms with van der Waals surface area (Å²) in [4.78, 5) is 31.8. The van der Waals surface area contributed by atoms with Crippen molar-refractivity contribution in [3.63, 3.8) is 0 Å². The summed E-state index contributed by atoms with van der Waals surface area (Å²) in [7, 11) is 0. The lowest BCUT2D eigenvalue weighted by atomic mass is 10.1. The van der Waals surface area contributed by atoms with E-state index < -0.39 is 0 Å². The van der Waals surface area contributed by atoms with Gasteiger partial charge >= 0.3 is 0 Å². The maximum atomic E-state index is 12.9. The maximum Gasteiger partial charge on any atom is 0.256 e. The Hall–Kier alpha value is -2.92. The van der Waals surface area contributed by atoms with E-state index in [9.17, 15) is 9.59 Å². The molecule has 0 radical (unpaired) electrons.